The van der Waals surface area contributed by atoms with E-state index in [1.54, 1.807) is 0 Å². The first-order valence-electron chi connectivity index (χ1n) is 3.47. The van der Waals surface area contributed by atoms with Gasteiger partial charge in [-0.05, 0) is 0 Å². The Hall–Kier alpha value is -1.73. The van der Waals surface area contributed by atoms with E-state index in [9.17, 15) is 18.0 Å². The van der Waals surface area contributed by atoms with Crippen LogP contribution in [0.2, 0.25) is 0 Å². The van der Waals surface area contributed by atoms with Crippen molar-refractivity contribution in [3.8, 4) is 0 Å². The number of hydrogen-bond acceptors (Lipinski definition) is 3. The molecule has 0 saturated carbocycles. The molecule has 14 heavy (non-hydrogen) atoms. The SMILES string of the molecule is O=C(Nc1ccn[nH]1)OCC(F)(F)F. The van der Waals surface area contributed by atoms with Gasteiger partial charge in [0.05, 0.1) is 6.20 Å². The van der Waals surface area contributed by atoms with Crippen LogP contribution in [0.3, 0.4) is 0 Å². The lowest BCUT2D eigenvalue weighted by Gasteiger charge is -2.07. The highest BCUT2D eigenvalue weighted by atomic mass is 19.4. The van der Waals surface area contributed by atoms with Crippen molar-refractivity contribution in [1.82, 2.24) is 10.2 Å². The summed E-state index contributed by atoms with van der Waals surface area (Å²) in [7, 11) is 0. The summed E-state index contributed by atoms with van der Waals surface area (Å²) in [5.41, 5.74) is 0. The van der Waals surface area contributed by atoms with Gasteiger partial charge in [-0.3, -0.25) is 10.4 Å². The molecule has 0 aliphatic heterocycles. The van der Waals surface area contributed by atoms with Gasteiger partial charge < -0.3 is 4.74 Å². The van der Waals surface area contributed by atoms with Crippen molar-refractivity contribution in [3.05, 3.63) is 12.3 Å². The Morgan fingerprint density at radius 3 is 2.86 bits per heavy atom. The predicted octanol–water partition coefficient (Wildman–Crippen LogP) is 1.52. The molecule has 5 nitrogen and oxygen atoms in total. The normalized spacial score (nSPS) is 11.1. The molecule has 0 bridgehead atoms. The third kappa shape index (κ3) is 3.78. The molecule has 0 fully saturated rings. The second-order valence-corrected chi connectivity index (χ2v) is 2.29. The molecule has 8 heteroatoms. The monoisotopic (exact) mass is 209 g/mol. The molecule has 1 amide bonds. The Balaban J connectivity index is 2.30. The molecule has 0 atom stereocenters. The van der Waals surface area contributed by atoms with Gasteiger partial charge in [0.1, 0.15) is 5.82 Å². The van der Waals surface area contributed by atoms with Gasteiger partial charge in [-0.2, -0.15) is 18.3 Å². The average molecular weight is 209 g/mol. The largest absolute Gasteiger partial charge is 0.440 e. The average Bonchev–Trinajstić information content (AvgIpc) is 2.52. The van der Waals surface area contributed by atoms with Crippen molar-refractivity contribution in [2.45, 2.75) is 6.18 Å². The van der Waals surface area contributed by atoms with Crippen LogP contribution in [0.25, 0.3) is 0 Å². The lowest BCUT2D eigenvalue weighted by molar-refractivity contribution is -0.159. The number of H-pyrrole nitrogens is 1. The maximum Gasteiger partial charge on any atom is 0.422 e. The molecule has 1 rings (SSSR count). The van der Waals surface area contributed by atoms with E-state index < -0.39 is 18.9 Å². The van der Waals surface area contributed by atoms with Crippen molar-refractivity contribution in [2.75, 3.05) is 11.9 Å². The summed E-state index contributed by atoms with van der Waals surface area (Å²) < 4.78 is 38.6. The van der Waals surface area contributed by atoms with Gasteiger partial charge in [-0.25, -0.2) is 4.79 Å². The Labute approximate surface area is 76.2 Å². The molecule has 0 saturated heterocycles. The zero-order chi connectivity index (χ0) is 10.6. The first-order chi connectivity index (χ1) is 6.47. The molecule has 1 aromatic rings. The highest BCUT2D eigenvalue weighted by Gasteiger charge is 2.29. The fourth-order valence-corrected chi connectivity index (χ4v) is 0.619. The van der Waals surface area contributed by atoms with Crippen LogP contribution < -0.4 is 5.32 Å². The number of carbonyl (C=O) groups is 1. The highest BCUT2D eigenvalue weighted by Crippen LogP contribution is 2.14. The number of alkyl halides is 3. The number of aromatic nitrogens is 2. The molecule has 0 spiro atoms. The number of rotatable bonds is 2. The van der Waals surface area contributed by atoms with Crippen LogP contribution in [0.15, 0.2) is 12.3 Å². The van der Waals surface area contributed by atoms with E-state index in [1.165, 1.54) is 12.3 Å². The van der Waals surface area contributed by atoms with Gasteiger partial charge in [-0.15, -0.1) is 0 Å². The maximum atomic E-state index is 11.6. The van der Waals surface area contributed by atoms with Gasteiger partial charge in [0.15, 0.2) is 6.61 Å². The van der Waals surface area contributed by atoms with Crippen molar-refractivity contribution in [1.29, 1.82) is 0 Å². The highest BCUT2D eigenvalue weighted by molar-refractivity contribution is 5.83. The summed E-state index contributed by atoms with van der Waals surface area (Å²) in [4.78, 5) is 10.7. The van der Waals surface area contributed by atoms with Crippen molar-refractivity contribution in [2.24, 2.45) is 0 Å². The van der Waals surface area contributed by atoms with E-state index in [1.807, 2.05) is 5.32 Å². The van der Waals surface area contributed by atoms with E-state index in [4.69, 9.17) is 0 Å². The number of aromatic amines is 1. The van der Waals surface area contributed by atoms with Crippen molar-refractivity contribution in [3.63, 3.8) is 0 Å². The van der Waals surface area contributed by atoms with E-state index in [0.29, 0.717) is 0 Å². The van der Waals surface area contributed by atoms with E-state index in [2.05, 4.69) is 14.9 Å². The Morgan fingerprint density at radius 1 is 1.64 bits per heavy atom. The molecule has 0 aliphatic carbocycles. The first-order valence-corrected chi connectivity index (χ1v) is 3.47. The molecular weight excluding hydrogens is 203 g/mol. The quantitative estimate of drug-likeness (QED) is 0.775. The minimum Gasteiger partial charge on any atom is -0.440 e. The zero-order valence-electron chi connectivity index (χ0n) is 6.76. The molecule has 0 unspecified atom stereocenters. The molecule has 0 radical (unpaired) electrons. The van der Waals surface area contributed by atoms with Gasteiger partial charge in [0.2, 0.25) is 0 Å². The Bertz CT molecular complexity index is 296. The molecule has 1 heterocycles. The fourth-order valence-electron chi connectivity index (χ4n) is 0.619. The zero-order valence-corrected chi connectivity index (χ0v) is 6.76. The van der Waals surface area contributed by atoms with Crippen LogP contribution in [0.1, 0.15) is 0 Å². The van der Waals surface area contributed by atoms with Crippen LogP contribution in [0.4, 0.5) is 23.8 Å². The maximum absolute atomic E-state index is 11.6. The minimum atomic E-state index is -4.52. The number of amides is 1. The van der Waals surface area contributed by atoms with Crippen molar-refractivity contribution >= 4 is 11.9 Å². The number of halogens is 3. The predicted molar refractivity (Wildman–Crippen MR) is 39.6 cm³/mol. The van der Waals surface area contributed by atoms with E-state index in [0.717, 1.165) is 0 Å². The van der Waals surface area contributed by atoms with Crippen LogP contribution >= 0.6 is 0 Å². The molecule has 78 valence electrons. The second-order valence-electron chi connectivity index (χ2n) is 2.29. The summed E-state index contributed by atoms with van der Waals surface area (Å²) in [6.07, 6.45) is -4.38. The number of ether oxygens (including phenoxy) is 1. The third-order valence-corrected chi connectivity index (χ3v) is 1.10. The number of carbonyl (C=O) groups excluding carboxylic acids is 1. The number of hydrogen-bond donors (Lipinski definition) is 2. The Kier molecular flexibility index (Phi) is 2.95. The number of nitrogens with one attached hydrogen (secondary N) is 2. The second kappa shape index (κ2) is 3.99. The molecule has 1 aromatic heterocycles. The van der Waals surface area contributed by atoms with E-state index >= 15 is 0 Å². The van der Waals surface area contributed by atoms with E-state index in [-0.39, 0.29) is 5.82 Å². The van der Waals surface area contributed by atoms with Gasteiger partial charge >= 0.3 is 12.3 Å². The molecule has 0 aliphatic rings. The smallest absolute Gasteiger partial charge is 0.422 e. The lowest BCUT2D eigenvalue weighted by Crippen LogP contribution is -2.23. The first kappa shape index (κ1) is 10.4. The minimum absolute atomic E-state index is 0.164. The lowest BCUT2D eigenvalue weighted by atomic mass is 10.6. The molecule has 0 aromatic carbocycles. The summed E-state index contributed by atoms with van der Waals surface area (Å²) in [5, 5.41) is 7.80. The Morgan fingerprint density at radius 2 is 2.36 bits per heavy atom. The van der Waals surface area contributed by atoms with Crippen molar-refractivity contribution < 1.29 is 22.7 Å². The summed E-state index contributed by atoms with van der Waals surface area (Å²) in [5.74, 6) is 0.164. The van der Waals surface area contributed by atoms with Crippen LogP contribution in [-0.4, -0.2) is 29.1 Å². The van der Waals surface area contributed by atoms with Gasteiger partial charge in [0.25, 0.3) is 0 Å². The van der Waals surface area contributed by atoms with Gasteiger partial charge in [0, 0.05) is 6.07 Å². The standard InChI is InChI=1S/C6H6F3N3O2/c7-6(8,9)3-14-5(13)11-4-1-2-10-12-4/h1-2H,3H2,(H2,10,11,12,13). The topological polar surface area (TPSA) is 67.0 Å². The van der Waals surface area contributed by atoms with Crippen LogP contribution in [0, 0.1) is 0 Å². The number of nitrogens with zero attached hydrogens (tertiary/aromatic N) is 1. The van der Waals surface area contributed by atoms with Crippen LogP contribution in [-0.2, 0) is 4.74 Å². The third-order valence-electron chi connectivity index (χ3n) is 1.10. The fraction of sp³-hybridized carbons (Fsp3) is 0.333. The summed E-state index contributed by atoms with van der Waals surface area (Å²) in [6.45, 7) is -1.62. The number of anilines is 1. The molecular formula is C6H6F3N3O2. The molecule has 2 N–H and O–H groups in total. The van der Waals surface area contributed by atoms with Crippen LogP contribution in [0.5, 0.6) is 0 Å². The summed E-state index contributed by atoms with van der Waals surface area (Å²) >= 11 is 0. The summed E-state index contributed by atoms with van der Waals surface area (Å²) in [6, 6.07) is 1.37. The van der Waals surface area contributed by atoms with Gasteiger partial charge in [-0.1, -0.05) is 0 Å².